The molecule has 3 heteroatoms. The maximum atomic E-state index is 3.36. The van der Waals surface area contributed by atoms with E-state index in [1.54, 1.807) is 0 Å². The molecule has 0 aliphatic heterocycles. The van der Waals surface area contributed by atoms with Crippen molar-refractivity contribution in [1.29, 1.82) is 0 Å². The van der Waals surface area contributed by atoms with Crippen LogP contribution in [0.1, 0.15) is 60.3 Å². The molecule has 0 aromatic carbocycles. The van der Waals surface area contributed by atoms with Crippen molar-refractivity contribution < 1.29 is 26.2 Å². The van der Waals surface area contributed by atoms with Crippen molar-refractivity contribution in [3.05, 3.63) is 58.7 Å². The summed E-state index contributed by atoms with van der Waals surface area (Å²) in [6, 6.07) is 0. The normalized spacial score (nSPS) is 18.4. The van der Waals surface area contributed by atoms with Crippen molar-refractivity contribution in [2.75, 3.05) is 0 Å². The van der Waals surface area contributed by atoms with Crippen molar-refractivity contribution in [3.63, 3.8) is 0 Å². The molecule has 0 saturated heterocycles. The van der Waals surface area contributed by atoms with Gasteiger partial charge in [0.25, 0.3) is 0 Å². The predicted octanol–water partition coefficient (Wildman–Crippen LogP) is 6.99. The second-order valence-corrected chi connectivity index (χ2v) is 5.60. The monoisotopic (exact) mass is 430 g/mol. The maximum absolute atomic E-state index is 3.36. The van der Waals surface area contributed by atoms with Crippen LogP contribution in [-0.4, -0.2) is 0 Å². The molecular weight excluding hydrogens is 402 g/mol. The Hall–Kier alpha value is 0.163. The first-order chi connectivity index (χ1) is 9.56. The van der Waals surface area contributed by atoms with Gasteiger partial charge < -0.3 is 0 Å². The zero-order valence-electron chi connectivity index (χ0n) is 15.0. The molecule has 0 nitrogen and oxygen atoms in total. The molecule has 0 aromatic rings. The zero-order chi connectivity index (χ0) is 15.0. The van der Waals surface area contributed by atoms with Crippen LogP contribution in [0, 0.1) is 18.1 Å². The molecule has 0 bridgehead atoms. The average molecular weight is 433 g/mol. The first-order valence-electron chi connectivity index (χ1n) is 7.77. The fraction of sp³-hybridized carbons (Fsp3) is 0.500. The number of rotatable bonds is 4. The van der Waals surface area contributed by atoms with Gasteiger partial charge in [-0.2, -0.15) is 22.8 Å². The van der Waals surface area contributed by atoms with E-state index in [0.717, 1.165) is 6.42 Å². The minimum Gasteiger partial charge on any atom is -0.272 e. The number of unbranched alkanes of at least 4 members (excludes halogenated alkanes) is 2. The molecule has 0 aromatic heterocycles. The number of hydrogen-bond acceptors (Lipinski definition) is 0. The first kappa shape index (κ1) is 28.0. The molecule has 1 atom stereocenters. The Bertz CT molecular complexity index is 468. The smallest absolute Gasteiger partial charge is 0.272 e. The minimum atomic E-state index is 0. The Morgan fingerprint density at radius 1 is 1.22 bits per heavy atom. The second kappa shape index (κ2) is 15.7. The summed E-state index contributed by atoms with van der Waals surface area (Å²) >= 11 is 0. The van der Waals surface area contributed by atoms with Gasteiger partial charge in [-0.05, 0) is 6.42 Å². The summed E-state index contributed by atoms with van der Waals surface area (Å²) in [5.74, 6) is 0.560. The molecule has 23 heavy (non-hydrogen) atoms. The molecule has 1 unspecified atom stereocenters. The van der Waals surface area contributed by atoms with Crippen molar-refractivity contribution in [3.8, 4) is 0 Å². The fourth-order valence-electron chi connectivity index (χ4n) is 2.23. The van der Waals surface area contributed by atoms with Crippen LogP contribution in [0.5, 0.6) is 0 Å². The Balaban J connectivity index is -0.000000312. The third-order valence-electron chi connectivity index (χ3n) is 4.00. The van der Waals surface area contributed by atoms with Crippen molar-refractivity contribution in [2.24, 2.45) is 5.92 Å². The van der Waals surface area contributed by atoms with Gasteiger partial charge in [0, 0.05) is 0 Å². The molecule has 2 rings (SSSR count). The van der Waals surface area contributed by atoms with Crippen LogP contribution >= 0.6 is 24.8 Å². The van der Waals surface area contributed by atoms with Gasteiger partial charge in [-0.3, -0.25) is 12.2 Å². The molecule has 0 radical (unpaired) electrons. The van der Waals surface area contributed by atoms with Crippen LogP contribution < -0.4 is 0 Å². The van der Waals surface area contributed by atoms with E-state index < -0.39 is 0 Å². The molecular formula is C20H30Cl2Zr. The summed E-state index contributed by atoms with van der Waals surface area (Å²) in [4.78, 5) is 0. The summed E-state index contributed by atoms with van der Waals surface area (Å²) in [7, 11) is 0. The minimum absolute atomic E-state index is 0. The Kier molecular flexibility index (Phi) is 19.1. The van der Waals surface area contributed by atoms with Gasteiger partial charge in [-0.1, -0.05) is 46.5 Å². The molecule has 0 spiro atoms. The van der Waals surface area contributed by atoms with E-state index in [4.69, 9.17) is 0 Å². The van der Waals surface area contributed by atoms with Crippen LogP contribution in [0.2, 0.25) is 0 Å². The predicted molar refractivity (Wildman–Crippen MR) is 104 cm³/mol. The van der Waals surface area contributed by atoms with Gasteiger partial charge in [-0.25, -0.2) is 11.6 Å². The molecule has 0 saturated carbocycles. The van der Waals surface area contributed by atoms with Gasteiger partial charge in [0.1, 0.15) is 0 Å². The van der Waals surface area contributed by atoms with E-state index in [0.29, 0.717) is 5.92 Å². The number of hydrogen-bond donors (Lipinski definition) is 0. The van der Waals surface area contributed by atoms with Crippen LogP contribution in [0.3, 0.4) is 0 Å². The quantitative estimate of drug-likeness (QED) is 0.332. The Morgan fingerprint density at radius 3 is 2.22 bits per heavy atom. The van der Waals surface area contributed by atoms with Crippen LogP contribution in [0.25, 0.3) is 0 Å². The second-order valence-electron chi connectivity index (χ2n) is 5.60. The van der Waals surface area contributed by atoms with E-state index in [1.807, 2.05) is 0 Å². The van der Waals surface area contributed by atoms with Crippen molar-refractivity contribution in [1.82, 2.24) is 0 Å². The average Bonchev–Trinajstić information content (AvgIpc) is 3.02. The summed E-state index contributed by atoms with van der Waals surface area (Å²) in [5, 5.41) is 0. The molecule has 128 valence electrons. The molecule has 2 aliphatic rings. The van der Waals surface area contributed by atoms with E-state index >= 15 is 0 Å². The van der Waals surface area contributed by atoms with E-state index in [-0.39, 0.29) is 51.0 Å². The molecule has 0 N–H and O–H groups in total. The largest absolute Gasteiger partial charge is 2.00 e. The molecule has 2 aliphatic carbocycles. The van der Waals surface area contributed by atoms with Gasteiger partial charge in [0.05, 0.1) is 0 Å². The van der Waals surface area contributed by atoms with E-state index in [9.17, 15) is 0 Å². The SMILES string of the molecule is CC1=[C-]C(C)C(C)=C1C.CCCCC=CC1=CC[C-]=C1.Cl.Cl.[Zr+2]. The maximum Gasteiger partial charge on any atom is 2.00 e. The standard InChI is InChI=1S/C11H15.C9H13.2ClH.Zr/c1-2-3-4-5-8-11-9-6-7-10-11;1-6-5-7(2)9(4)8(6)3;;;/h5,8-10H,2-4,6H2,1H3;6H,1-4H3;2*1H;/q2*-1;;;+2. The summed E-state index contributed by atoms with van der Waals surface area (Å²) in [6.45, 7) is 10.9. The molecule has 0 heterocycles. The summed E-state index contributed by atoms with van der Waals surface area (Å²) in [6.07, 6.45) is 20.0. The van der Waals surface area contributed by atoms with Crippen molar-refractivity contribution >= 4 is 24.8 Å². The van der Waals surface area contributed by atoms with Crippen LogP contribution in [0.4, 0.5) is 0 Å². The zero-order valence-corrected chi connectivity index (χ0v) is 19.1. The summed E-state index contributed by atoms with van der Waals surface area (Å²) in [5.41, 5.74) is 5.57. The Labute approximate surface area is 175 Å². The van der Waals surface area contributed by atoms with Gasteiger partial charge in [0.15, 0.2) is 0 Å². The van der Waals surface area contributed by atoms with Gasteiger partial charge in [-0.15, -0.1) is 50.3 Å². The molecule has 0 fully saturated rings. The third-order valence-corrected chi connectivity index (χ3v) is 4.00. The van der Waals surface area contributed by atoms with Gasteiger partial charge in [0.2, 0.25) is 0 Å². The van der Waals surface area contributed by atoms with E-state index in [1.165, 1.54) is 41.6 Å². The van der Waals surface area contributed by atoms with Crippen LogP contribution in [0.15, 0.2) is 46.6 Å². The topological polar surface area (TPSA) is 0 Å². The van der Waals surface area contributed by atoms with Crippen molar-refractivity contribution in [2.45, 2.75) is 60.3 Å². The first-order valence-corrected chi connectivity index (χ1v) is 7.77. The van der Waals surface area contributed by atoms with Crippen LogP contribution in [-0.2, 0) is 26.2 Å². The number of allylic oxidation sites excluding steroid dienone is 10. The molecule has 0 amide bonds. The van der Waals surface area contributed by atoms with E-state index in [2.05, 4.69) is 71.1 Å². The summed E-state index contributed by atoms with van der Waals surface area (Å²) < 4.78 is 0. The third kappa shape index (κ3) is 10.6. The fourth-order valence-corrected chi connectivity index (χ4v) is 2.23. The van der Waals surface area contributed by atoms with Gasteiger partial charge >= 0.3 is 26.2 Å². The number of halogens is 2. The Morgan fingerprint density at radius 2 is 1.87 bits per heavy atom.